The largest absolute Gasteiger partial charge is 0.334 e. The standard InChI is InChI=1S/C20H23N7O/c1-26-24-19(23-25-26)16-8-5-9-17(12-16)21-20(28)22-18-10-11-27(14-18)13-15-6-3-2-4-7-15/h2-9,12,18H,10-11,13-14H2,1H3,(H2,21,22,28). The number of likely N-dealkylation sites (tertiary alicyclic amines) is 1. The Morgan fingerprint density at radius 2 is 2.04 bits per heavy atom. The molecule has 28 heavy (non-hydrogen) atoms. The van der Waals surface area contributed by atoms with Crippen molar-refractivity contribution in [3.05, 3.63) is 60.2 Å². The lowest BCUT2D eigenvalue weighted by molar-refractivity contribution is 0.247. The first-order valence-corrected chi connectivity index (χ1v) is 9.34. The molecular formula is C20H23N7O. The van der Waals surface area contributed by atoms with Crippen LogP contribution in [-0.4, -0.2) is 50.3 Å². The number of nitrogens with zero attached hydrogens (tertiary/aromatic N) is 5. The summed E-state index contributed by atoms with van der Waals surface area (Å²) in [6, 6.07) is 17.8. The van der Waals surface area contributed by atoms with E-state index in [4.69, 9.17) is 0 Å². The first-order valence-electron chi connectivity index (χ1n) is 9.34. The van der Waals surface area contributed by atoms with Gasteiger partial charge in [0.25, 0.3) is 0 Å². The van der Waals surface area contributed by atoms with Crippen LogP contribution in [0.4, 0.5) is 10.5 Å². The average molecular weight is 377 g/mol. The smallest absolute Gasteiger partial charge is 0.319 e. The fraction of sp³-hybridized carbons (Fsp3) is 0.300. The van der Waals surface area contributed by atoms with E-state index in [1.165, 1.54) is 10.4 Å². The van der Waals surface area contributed by atoms with E-state index in [-0.39, 0.29) is 12.1 Å². The minimum atomic E-state index is -0.198. The third-order valence-corrected chi connectivity index (χ3v) is 4.74. The number of carbonyl (C=O) groups is 1. The molecule has 1 aliphatic rings. The number of nitrogens with one attached hydrogen (secondary N) is 2. The molecule has 8 nitrogen and oxygen atoms in total. The lowest BCUT2D eigenvalue weighted by atomic mass is 10.2. The van der Waals surface area contributed by atoms with Crippen molar-refractivity contribution < 1.29 is 4.79 Å². The van der Waals surface area contributed by atoms with Crippen molar-refractivity contribution in [1.82, 2.24) is 30.4 Å². The Morgan fingerprint density at radius 1 is 1.18 bits per heavy atom. The molecule has 144 valence electrons. The van der Waals surface area contributed by atoms with Gasteiger partial charge in [-0.2, -0.15) is 4.80 Å². The van der Waals surface area contributed by atoms with Crippen LogP contribution in [0.5, 0.6) is 0 Å². The molecule has 1 aliphatic heterocycles. The van der Waals surface area contributed by atoms with Crippen LogP contribution in [0.15, 0.2) is 54.6 Å². The van der Waals surface area contributed by atoms with E-state index in [1.54, 1.807) is 7.05 Å². The highest BCUT2D eigenvalue weighted by atomic mass is 16.2. The molecule has 3 aromatic rings. The van der Waals surface area contributed by atoms with Gasteiger partial charge in [-0.15, -0.1) is 10.2 Å². The molecule has 0 aliphatic carbocycles. The van der Waals surface area contributed by atoms with Crippen LogP contribution in [0.3, 0.4) is 0 Å². The van der Waals surface area contributed by atoms with Crippen LogP contribution in [0.2, 0.25) is 0 Å². The van der Waals surface area contributed by atoms with Crippen molar-refractivity contribution in [2.24, 2.45) is 7.05 Å². The highest BCUT2D eigenvalue weighted by Gasteiger charge is 2.23. The summed E-state index contributed by atoms with van der Waals surface area (Å²) in [5, 5.41) is 18.0. The highest BCUT2D eigenvalue weighted by Crippen LogP contribution is 2.19. The van der Waals surface area contributed by atoms with Crippen molar-refractivity contribution >= 4 is 11.7 Å². The normalized spacial score (nSPS) is 16.8. The zero-order valence-electron chi connectivity index (χ0n) is 15.7. The molecule has 0 spiro atoms. The molecule has 1 atom stereocenters. The number of aromatic nitrogens is 4. The SMILES string of the molecule is Cn1nnc(-c2cccc(NC(=O)NC3CCN(Cc4ccccc4)C3)c2)n1. The Balaban J connectivity index is 1.30. The lowest BCUT2D eigenvalue weighted by Crippen LogP contribution is -2.39. The molecule has 1 unspecified atom stereocenters. The van der Waals surface area contributed by atoms with Gasteiger partial charge in [0, 0.05) is 36.9 Å². The molecule has 2 amide bonds. The summed E-state index contributed by atoms with van der Waals surface area (Å²) < 4.78 is 0. The topological polar surface area (TPSA) is 88.0 Å². The molecule has 1 fully saturated rings. The Morgan fingerprint density at radius 3 is 2.82 bits per heavy atom. The molecule has 1 aromatic heterocycles. The fourth-order valence-corrected chi connectivity index (χ4v) is 3.42. The number of urea groups is 1. The molecule has 8 heteroatoms. The van der Waals surface area contributed by atoms with Gasteiger partial charge in [-0.05, 0) is 29.3 Å². The van der Waals surface area contributed by atoms with Gasteiger partial charge in [0.15, 0.2) is 0 Å². The summed E-state index contributed by atoms with van der Waals surface area (Å²) in [5.74, 6) is 0.527. The Bertz CT molecular complexity index is 940. The van der Waals surface area contributed by atoms with Gasteiger partial charge >= 0.3 is 6.03 Å². The third-order valence-electron chi connectivity index (χ3n) is 4.74. The van der Waals surface area contributed by atoms with Crippen LogP contribution in [0, 0.1) is 0 Å². The van der Waals surface area contributed by atoms with Gasteiger partial charge in [0.2, 0.25) is 5.82 Å². The van der Waals surface area contributed by atoms with Crippen LogP contribution < -0.4 is 10.6 Å². The van der Waals surface area contributed by atoms with Crippen molar-refractivity contribution in [3.8, 4) is 11.4 Å². The lowest BCUT2D eigenvalue weighted by Gasteiger charge is -2.17. The number of benzene rings is 2. The second-order valence-electron chi connectivity index (χ2n) is 6.99. The predicted molar refractivity (Wildman–Crippen MR) is 107 cm³/mol. The number of hydrogen-bond donors (Lipinski definition) is 2. The molecular weight excluding hydrogens is 354 g/mol. The van der Waals surface area contributed by atoms with Gasteiger partial charge in [-0.3, -0.25) is 4.90 Å². The van der Waals surface area contributed by atoms with Crippen molar-refractivity contribution in [2.45, 2.75) is 19.0 Å². The molecule has 2 heterocycles. The average Bonchev–Trinajstić information content (AvgIpc) is 3.32. The maximum Gasteiger partial charge on any atom is 0.319 e. The number of hydrogen-bond acceptors (Lipinski definition) is 5. The zero-order chi connectivity index (χ0) is 19.3. The van der Waals surface area contributed by atoms with Crippen LogP contribution in [0.1, 0.15) is 12.0 Å². The summed E-state index contributed by atoms with van der Waals surface area (Å²) in [5.41, 5.74) is 2.80. The van der Waals surface area contributed by atoms with Gasteiger partial charge in [0.05, 0.1) is 7.05 Å². The molecule has 1 saturated heterocycles. The van der Waals surface area contributed by atoms with E-state index >= 15 is 0 Å². The zero-order valence-corrected chi connectivity index (χ0v) is 15.7. The van der Waals surface area contributed by atoms with E-state index < -0.39 is 0 Å². The molecule has 4 rings (SSSR count). The van der Waals surface area contributed by atoms with E-state index in [0.717, 1.165) is 31.6 Å². The highest BCUT2D eigenvalue weighted by molar-refractivity contribution is 5.90. The molecule has 2 aromatic carbocycles. The van der Waals surface area contributed by atoms with Gasteiger partial charge < -0.3 is 10.6 Å². The molecule has 0 radical (unpaired) electrons. The first-order chi connectivity index (χ1) is 13.7. The second-order valence-corrected chi connectivity index (χ2v) is 6.99. The maximum absolute atomic E-state index is 12.4. The van der Waals surface area contributed by atoms with Gasteiger partial charge in [-0.1, -0.05) is 42.5 Å². The third kappa shape index (κ3) is 4.52. The first kappa shape index (κ1) is 18.1. The number of carbonyl (C=O) groups excluding carboxylic acids is 1. The minimum absolute atomic E-state index is 0.147. The molecule has 0 saturated carbocycles. The fourth-order valence-electron chi connectivity index (χ4n) is 3.42. The maximum atomic E-state index is 12.4. The van der Waals surface area contributed by atoms with Crippen molar-refractivity contribution in [1.29, 1.82) is 0 Å². The Kier molecular flexibility index (Phi) is 5.29. The summed E-state index contributed by atoms with van der Waals surface area (Å²) in [7, 11) is 1.72. The van der Waals surface area contributed by atoms with E-state index in [9.17, 15) is 4.79 Å². The van der Waals surface area contributed by atoms with E-state index in [0.29, 0.717) is 11.5 Å². The molecule has 2 N–H and O–H groups in total. The second kappa shape index (κ2) is 8.18. The Hall–Kier alpha value is -3.26. The van der Waals surface area contributed by atoms with Crippen LogP contribution in [-0.2, 0) is 13.6 Å². The van der Waals surface area contributed by atoms with E-state index in [2.05, 4.69) is 55.2 Å². The number of anilines is 1. The summed E-state index contributed by atoms with van der Waals surface area (Å²) in [6.07, 6.45) is 0.948. The number of amides is 2. The predicted octanol–water partition coefficient (Wildman–Crippen LogP) is 2.27. The monoisotopic (exact) mass is 377 g/mol. The van der Waals surface area contributed by atoms with Crippen molar-refractivity contribution in [3.63, 3.8) is 0 Å². The minimum Gasteiger partial charge on any atom is -0.334 e. The number of aryl methyl sites for hydroxylation is 1. The van der Waals surface area contributed by atoms with Gasteiger partial charge in [-0.25, -0.2) is 4.79 Å². The van der Waals surface area contributed by atoms with Crippen LogP contribution >= 0.6 is 0 Å². The quantitative estimate of drug-likeness (QED) is 0.712. The molecule has 0 bridgehead atoms. The van der Waals surface area contributed by atoms with E-state index in [1.807, 2.05) is 30.3 Å². The summed E-state index contributed by atoms with van der Waals surface area (Å²) in [6.45, 7) is 2.74. The van der Waals surface area contributed by atoms with Crippen LogP contribution in [0.25, 0.3) is 11.4 Å². The van der Waals surface area contributed by atoms with Crippen molar-refractivity contribution in [2.75, 3.05) is 18.4 Å². The number of rotatable bonds is 5. The summed E-state index contributed by atoms with van der Waals surface area (Å²) in [4.78, 5) is 16.2. The van der Waals surface area contributed by atoms with Gasteiger partial charge in [0.1, 0.15) is 0 Å². The summed E-state index contributed by atoms with van der Waals surface area (Å²) >= 11 is 0. The number of tetrazole rings is 1. The Labute approximate surface area is 163 Å².